The number of ether oxygens (including phenoxy) is 3. The maximum absolute atomic E-state index is 15.1. The lowest BCUT2D eigenvalue weighted by molar-refractivity contribution is -0.165. The van der Waals surface area contributed by atoms with Crippen molar-refractivity contribution in [1.82, 2.24) is 9.80 Å². The number of halogens is 1. The van der Waals surface area contributed by atoms with Crippen LogP contribution in [0.5, 0.6) is 5.75 Å². The molecule has 3 saturated heterocycles. The zero-order valence-electron chi connectivity index (χ0n) is 31.2. The van der Waals surface area contributed by atoms with Crippen LogP contribution in [0.25, 0.3) is 0 Å². The lowest BCUT2D eigenvalue weighted by Gasteiger charge is -2.41. The molecule has 53 heavy (non-hydrogen) atoms. The van der Waals surface area contributed by atoms with Gasteiger partial charge in [0.25, 0.3) is 5.91 Å². The van der Waals surface area contributed by atoms with Gasteiger partial charge in [-0.3, -0.25) is 19.2 Å². The van der Waals surface area contributed by atoms with Gasteiger partial charge in [0.2, 0.25) is 11.8 Å². The normalized spacial score (nSPS) is 26.6. The Morgan fingerprint density at radius 2 is 1.79 bits per heavy atom. The highest BCUT2D eigenvalue weighted by Gasteiger charge is 2.78. The van der Waals surface area contributed by atoms with Gasteiger partial charge < -0.3 is 34.0 Å². The van der Waals surface area contributed by atoms with Gasteiger partial charge in [0.1, 0.15) is 23.5 Å². The van der Waals surface area contributed by atoms with Gasteiger partial charge in [0.05, 0.1) is 43.7 Å². The summed E-state index contributed by atoms with van der Waals surface area (Å²) in [5.41, 5.74) is -0.137. The van der Waals surface area contributed by atoms with Gasteiger partial charge in [-0.15, -0.1) is 13.2 Å². The Morgan fingerprint density at radius 1 is 1.11 bits per heavy atom. The first kappa shape index (κ1) is 40.2. The van der Waals surface area contributed by atoms with Gasteiger partial charge in [-0.05, 0) is 55.5 Å². The summed E-state index contributed by atoms with van der Waals surface area (Å²) >= 11 is 3.76. The zero-order valence-corrected chi connectivity index (χ0v) is 32.8. The minimum absolute atomic E-state index is 0.124. The summed E-state index contributed by atoms with van der Waals surface area (Å²) in [6.45, 7) is 13.1. The highest BCUT2D eigenvalue weighted by atomic mass is 79.9. The minimum Gasteiger partial charge on any atom is -0.497 e. The lowest BCUT2D eigenvalue weighted by atomic mass is 9.70. The van der Waals surface area contributed by atoms with E-state index < -0.39 is 65.6 Å². The Kier molecular flexibility index (Phi) is 12.9. The monoisotopic (exact) mass is 793 g/mol. The van der Waals surface area contributed by atoms with E-state index in [2.05, 4.69) is 29.1 Å². The van der Waals surface area contributed by atoms with Gasteiger partial charge in [-0.2, -0.15) is 0 Å². The number of carbonyl (C=O) groups excluding carboxylic acids is 4. The van der Waals surface area contributed by atoms with Crippen LogP contribution in [0, 0.1) is 17.8 Å². The smallest absolute Gasteiger partial charge is 0.313 e. The van der Waals surface area contributed by atoms with Gasteiger partial charge in [0.15, 0.2) is 0 Å². The van der Waals surface area contributed by atoms with Crippen LogP contribution in [0.3, 0.4) is 0 Å². The molecule has 1 N–H and O–H groups in total. The molecule has 0 radical (unpaired) electrons. The van der Waals surface area contributed by atoms with E-state index >= 15 is 4.79 Å². The molecule has 11 nitrogen and oxygen atoms in total. The molecule has 0 aromatic heterocycles. The number of aliphatic hydroxyl groups is 1. The second kappa shape index (κ2) is 17.0. The molecule has 2 bridgehead atoms. The summed E-state index contributed by atoms with van der Waals surface area (Å²) in [5.74, 6) is -3.29. The molecule has 0 aliphatic carbocycles. The van der Waals surface area contributed by atoms with Crippen molar-refractivity contribution in [2.45, 2.75) is 87.2 Å². The molecular formula is C41H52BrN3O8. The number of fused-ring (bicyclic) bond motifs is 1. The number of likely N-dealkylation sites (N-methyl/N-ethyl adjacent to an activating group) is 1. The molecule has 0 saturated carbocycles. The molecule has 5 rings (SSSR count). The summed E-state index contributed by atoms with van der Waals surface area (Å²) in [4.78, 5) is 62.0. The van der Waals surface area contributed by atoms with E-state index in [0.29, 0.717) is 29.8 Å². The van der Waals surface area contributed by atoms with E-state index in [0.717, 1.165) is 0 Å². The van der Waals surface area contributed by atoms with E-state index in [1.807, 2.05) is 51.1 Å². The average Bonchev–Trinajstić information content (AvgIpc) is 3.77. The highest BCUT2D eigenvalue weighted by molar-refractivity contribution is 9.09. The molecule has 2 aromatic carbocycles. The predicted molar refractivity (Wildman–Crippen MR) is 205 cm³/mol. The second-order valence-electron chi connectivity index (χ2n) is 14.3. The first-order chi connectivity index (χ1) is 25.4. The number of amides is 3. The summed E-state index contributed by atoms with van der Waals surface area (Å²) in [6.07, 6.45) is 3.35. The van der Waals surface area contributed by atoms with Gasteiger partial charge in [-0.1, -0.05) is 78.7 Å². The summed E-state index contributed by atoms with van der Waals surface area (Å²) in [5, 5.41) is 10.8. The number of likely N-dealkylation sites (tertiary alicyclic amines) is 1. The fourth-order valence-corrected chi connectivity index (χ4v) is 9.22. The molecule has 286 valence electrons. The van der Waals surface area contributed by atoms with E-state index in [1.54, 1.807) is 60.4 Å². The van der Waals surface area contributed by atoms with E-state index in [1.165, 1.54) is 4.90 Å². The van der Waals surface area contributed by atoms with Crippen LogP contribution in [0.15, 0.2) is 79.9 Å². The van der Waals surface area contributed by atoms with Crippen LogP contribution >= 0.6 is 15.9 Å². The van der Waals surface area contributed by atoms with Crippen molar-refractivity contribution in [1.29, 1.82) is 0 Å². The van der Waals surface area contributed by atoms with Crippen LogP contribution in [0.2, 0.25) is 0 Å². The number of nitrogens with zero attached hydrogens (tertiary/aromatic N) is 3. The Bertz CT molecular complexity index is 1660. The van der Waals surface area contributed by atoms with Crippen LogP contribution in [0.4, 0.5) is 5.69 Å². The maximum atomic E-state index is 15.1. The Labute approximate surface area is 321 Å². The molecule has 3 fully saturated rings. The van der Waals surface area contributed by atoms with Crippen LogP contribution in [-0.4, -0.2) is 101 Å². The van der Waals surface area contributed by atoms with Crippen LogP contribution < -0.4 is 9.64 Å². The van der Waals surface area contributed by atoms with Gasteiger partial charge in [-0.25, -0.2) is 0 Å². The first-order valence-corrected chi connectivity index (χ1v) is 19.2. The second-order valence-corrected chi connectivity index (χ2v) is 15.5. The largest absolute Gasteiger partial charge is 0.497 e. The number of benzene rings is 2. The third-order valence-electron chi connectivity index (χ3n) is 11.4. The van der Waals surface area contributed by atoms with Crippen LogP contribution in [-0.2, 0) is 28.7 Å². The lowest BCUT2D eigenvalue weighted by Crippen LogP contribution is -2.60. The highest BCUT2D eigenvalue weighted by Crippen LogP contribution is 2.61. The third-order valence-corrected chi connectivity index (χ3v) is 12.3. The molecule has 3 aliphatic heterocycles. The molecule has 3 aliphatic rings. The summed E-state index contributed by atoms with van der Waals surface area (Å²) in [7, 11) is 3.24. The fraction of sp³-hybridized carbons (Fsp3) is 0.512. The van der Waals surface area contributed by atoms with E-state index in [-0.39, 0.29) is 42.6 Å². The van der Waals surface area contributed by atoms with Crippen molar-refractivity contribution in [3.63, 3.8) is 0 Å². The number of esters is 1. The number of allylic oxidation sites excluding steroid dienone is 1. The quantitative estimate of drug-likeness (QED) is 0.127. The average molecular weight is 795 g/mol. The molecular weight excluding hydrogens is 742 g/mol. The number of aliphatic hydroxyl groups excluding tert-OH is 1. The van der Waals surface area contributed by atoms with E-state index in [9.17, 15) is 19.5 Å². The Hall–Kier alpha value is -4.00. The number of alkyl halides is 1. The van der Waals surface area contributed by atoms with Crippen molar-refractivity contribution in [3.8, 4) is 5.75 Å². The van der Waals surface area contributed by atoms with Crippen LogP contribution in [0.1, 0.15) is 58.1 Å². The van der Waals surface area contributed by atoms with Crippen molar-refractivity contribution in [3.05, 3.63) is 85.5 Å². The van der Waals surface area contributed by atoms with Crippen molar-refractivity contribution >= 4 is 45.3 Å². The van der Waals surface area contributed by atoms with E-state index in [4.69, 9.17) is 14.2 Å². The topological polar surface area (TPSA) is 126 Å². The summed E-state index contributed by atoms with van der Waals surface area (Å²) in [6, 6.07) is 13.8. The molecule has 1 unspecified atom stereocenters. The molecule has 12 heteroatoms. The van der Waals surface area contributed by atoms with Gasteiger partial charge in [0, 0.05) is 30.5 Å². The Balaban J connectivity index is 1.57. The number of hydrogen-bond acceptors (Lipinski definition) is 8. The maximum Gasteiger partial charge on any atom is 0.313 e. The number of anilines is 1. The zero-order chi connectivity index (χ0) is 38.6. The van der Waals surface area contributed by atoms with Crippen molar-refractivity contribution < 1.29 is 38.5 Å². The standard InChI is InChI=1S/C41H52BrN3O8/c1-8-11-17-32(47)43(6)26(5)35(27-15-13-12-14-16-27)52-40(50)33-34-38(48)45(31(24-46)25(4)10-3)37(41(34)23-30(42)36(33)53-41)39(49)44(22-9-2)28-18-20-29(51-7)21-19-28/h8-9,12-16,18-21,25-26,30-31,33-37,46H,1-2,10-11,17,22-24H2,3-7H3/t25-,26-,30?,31-,33+,34-,35+,36+,37+,41-/m0/s1. The molecule has 10 atom stereocenters. The molecule has 3 heterocycles. The summed E-state index contributed by atoms with van der Waals surface area (Å²) < 4.78 is 18.5. The minimum atomic E-state index is -1.39. The van der Waals surface area contributed by atoms with Crippen molar-refractivity contribution in [2.24, 2.45) is 17.8 Å². The molecule has 3 amide bonds. The fourth-order valence-electron chi connectivity index (χ4n) is 8.27. The predicted octanol–water partition coefficient (Wildman–Crippen LogP) is 5.47. The number of hydrogen-bond donors (Lipinski definition) is 1. The number of carbonyl (C=O) groups is 4. The molecule has 2 aromatic rings. The third kappa shape index (κ3) is 7.42. The Morgan fingerprint density at radius 3 is 2.38 bits per heavy atom. The van der Waals surface area contributed by atoms with Gasteiger partial charge >= 0.3 is 5.97 Å². The number of methoxy groups -OCH3 is 1. The SMILES string of the molecule is C=CCCC(=O)N(C)[C@@H](C)[C@@H](OC(=O)[C@H]1[C@@H]2O[C@@]3(CC2Br)[C@@H]1C(=O)N([C@@H](CO)[C@@H](C)CC)[C@@H]3C(=O)N(CC=C)c1ccc(OC)cc1)c1ccccc1. The molecule has 1 spiro atoms. The van der Waals surface area contributed by atoms with Crippen molar-refractivity contribution in [2.75, 3.05) is 32.2 Å². The number of rotatable bonds is 17. The first-order valence-electron chi connectivity index (χ1n) is 18.3.